The van der Waals surface area contributed by atoms with Gasteiger partial charge in [-0.1, -0.05) is 44.2 Å². The van der Waals surface area contributed by atoms with Crippen molar-refractivity contribution in [2.75, 3.05) is 13.2 Å². The lowest BCUT2D eigenvalue weighted by Crippen LogP contribution is -2.43. The van der Waals surface area contributed by atoms with Crippen molar-refractivity contribution in [3.8, 4) is 0 Å². The molecule has 2 heteroatoms. The summed E-state index contributed by atoms with van der Waals surface area (Å²) < 4.78 is 6.03. The monoisotopic (exact) mass is 249 g/mol. The molecule has 1 aromatic rings. The van der Waals surface area contributed by atoms with E-state index in [1.165, 1.54) is 5.56 Å². The molecule has 1 N–H and O–H groups in total. The van der Waals surface area contributed by atoms with E-state index in [0.29, 0.717) is 0 Å². The fourth-order valence-electron chi connectivity index (χ4n) is 2.34. The van der Waals surface area contributed by atoms with Crippen LogP contribution in [0.25, 0.3) is 0 Å². The van der Waals surface area contributed by atoms with Gasteiger partial charge in [0.2, 0.25) is 0 Å². The molecule has 0 aliphatic rings. The average molecular weight is 249 g/mol. The molecule has 0 aromatic heterocycles. The van der Waals surface area contributed by atoms with Gasteiger partial charge in [-0.05, 0) is 38.8 Å². The van der Waals surface area contributed by atoms with Gasteiger partial charge in [0.05, 0.1) is 11.6 Å². The molecule has 2 atom stereocenters. The second-order valence-electron chi connectivity index (χ2n) is 4.90. The van der Waals surface area contributed by atoms with Gasteiger partial charge < -0.3 is 10.1 Å². The van der Waals surface area contributed by atoms with Gasteiger partial charge in [-0.2, -0.15) is 0 Å². The van der Waals surface area contributed by atoms with Crippen LogP contribution in [-0.2, 0) is 4.74 Å². The van der Waals surface area contributed by atoms with Gasteiger partial charge in [-0.15, -0.1) is 0 Å². The molecule has 0 heterocycles. The lowest BCUT2D eigenvalue weighted by Gasteiger charge is -2.38. The molecule has 1 rings (SSSR count). The average Bonchev–Trinajstić information content (AvgIpc) is 2.40. The zero-order valence-electron chi connectivity index (χ0n) is 12.2. The predicted molar refractivity (Wildman–Crippen MR) is 77.8 cm³/mol. The van der Waals surface area contributed by atoms with Crippen molar-refractivity contribution in [3.63, 3.8) is 0 Å². The molecule has 2 nitrogen and oxygen atoms in total. The summed E-state index contributed by atoms with van der Waals surface area (Å²) in [5.41, 5.74) is 1.16. The number of rotatable bonds is 8. The van der Waals surface area contributed by atoms with E-state index in [-0.39, 0.29) is 11.6 Å². The van der Waals surface area contributed by atoms with Crippen LogP contribution in [0, 0.1) is 0 Å². The molecule has 0 saturated heterocycles. The van der Waals surface area contributed by atoms with E-state index in [0.717, 1.165) is 26.0 Å². The first-order valence-corrected chi connectivity index (χ1v) is 7.10. The van der Waals surface area contributed by atoms with Crippen molar-refractivity contribution < 1.29 is 4.74 Å². The van der Waals surface area contributed by atoms with Crippen molar-refractivity contribution in [3.05, 3.63) is 35.9 Å². The van der Waals surface area contributed by atoms with E-state index in [4.69, 9.17) is 4.74 Å². The van der Waals surface area contributed by atoms with Crippen molar-refractivity contribution >= 4 is 0 Å². The molecule has 0 saturated carbocycles. The summed E-state index contributed by atoms with van der Waals surface area (Å²) in [6.45, 7) is 10.4. The van der Waals surface area contributed by atoms with Crippen LogP contribution in [0.2, 0.25) is 0 Å². The summed E-state index contributed by atoms with van der Waals surface area (Å²) in [4.78, 5) is 0. The van der Waals surface area contributed by atoms with Crippen LogP contribution in [0.15, 0.2) is 30.3 Å². The van der Waals surface area contributed by atoms with Crippen LogP contribution >= 0.6 is 0 Å². The third-order valence-electron chi connectivity index (χ3n) is 3.52. The minimum Gasteiger partial charge on any atom is -0.374 e. The van der Waals surface area contributed by atoms with E-state index < -0.39 is 0 Å². The SMILES string of the molecule is CCCNC(c1ccccc1)C(C)(CC)OCC. The number of ether oxygens (including phenoxy) is 1. The van der Waals surface area contributed by atoms with Crippen LogP contribution in [-0.4, -0.2) is 18.8 Å². The highest BCUT2D eigenvalue weighted by atomic mass is 16.5. The van der Waals surface area contributed by atoms with Crippen molar-refractivity contribution in [2.45, 2.75) is 52.2 Å². The van der Waals surface area contributed by atoms with E-state index in [1.807, 2.05) is 0 Å². The maximum atomic E-state index is 6.03. The quantitative estimate of drug-likeness (QED) is 0.753. The highest BCUT2D eigenvalue weighted by Gasteiger charge is 2.33. The largest absolute Gasteiger partial charge is 0.374 e. The summed E-state index contributed by atoms with van der Waals surface area (Å²) >= 11 is 0. The number of benzene rings is 1. The Morgan fingerprint density at radius 3 is 2.33 bits per heavy atom. The second-order valence-corrected chi connectivity index (χ2v) is 4.90. The van der Waals surface area contributed by atoms with E-state index in [1.54, 1.807) is 0 Å². The van der Waals surface area contributed by atoms with Crippen molar-refractivity contribution in [1.29, 1.82) is 0 Å². The Balaban J connectivity index is 2.96. The van der Waals surface area contributed by atoms with Gasteiger partial charge in [-0.3, -0.25) is 0 Å². The number of hydrogen-bond donors (Lipinski definition) is 1. The van der Waals surface area contributed by atoms with Gasteiger partial charge >= 0.3 is 0 Å². The summed E-state index contributed by atoms with van der Waals surface area (Å²) in [5.74, 6) is 0. The van der Waals surface area contributed by atoms with Crippen LogP contribution in [0.5, 0.6) is 0 Å². The topological polar surface area (TPSA) is 21.3 Å². The third kappa shape index (κ3) is 3.82. The normalized spacial score (nSPS) is 16.2. The maximum absolute atomic E-state index is 6.03. The Bertz CT molecular complexity index is 325. The van der Waals surface area contributed by atoms with Gasteiger partial charge in [0.15, 0.2) is 0 Å². The lowest BCUT2D eigenvalue weighted by molar-refractivity contribution is -0.0562. The van der Waals surface area contributed by atoms with Gasteiger partial charge in [-0.25, -0.2) is 0 Å². The molecule has 0 fully saturated rings. The zero-order valence-corrected chi connectivity index (χ0v) is 12.2. The Morgan fingerprint density at radius 1 is 1.17 bits per heavy atom. The Kier molecular flexibility index (Phi) is 6.37. The Morgan fingerprint density at radius 2 is 1.83 bits per heavy atom. The summed E-state index contributed by atoms with van der Waals surface area (Å²) in [5, 5.41) is 3.64. The van der Waals surface area contributed by atoms with Crippen molar-refractivity contribution in [2.24, 2.45) is 0 Å². The molecule has 18 heavy (non-hydrogen) atoms. The smallest absolute Gasteiger partial charge is 0.0845 e. The lowest BCUT2D eigenvalue weighted by atomic mass is 9.87. The highest BCUT2D eigenvalue weighted by Crippen LogP contribution is 2.32. The summed E-state index contributed by atoms with van der Waals surface area (Å²) in [6.07, 6.45) is 2.13. The first kappa shape index (κ1) is 15.2. The second kappa shape index (κ2) is 7.55. The first-order chi connectivity index (χ1) is 8.68. The fraction of sp³-hybridized carbons (Fsp3) is 0.625. The first-order valence-electron chi connectivity index (χ1n) is 7.10. The van der Waals surface area contributed by atoms with E-state index in [2.05, 4.69) is 63.3 Å². The number of nitrogens with one attached hydrogen (secondary N) is 1. The third-order valence-corrected chi connectivity index (χ3v) is 3.52. The predicted octanol–water partition coefficient (Wildman–Crippen LogP) is 3.93. The molecule has 0 radical (unpaired) electrons. The fourth-order valence-corrected chi connectivity index (χ4v) is 2.34. The van der Waals surface area contributed by atoms with Crippen LogP contribution in [0.4, 0.5) is 0 Å². The van der Waals surface area contributed by atoms with Crippen molar-refractivity contribution in [1.82, 2.24) is 5.32 Å². The Labute approximate surface area is 112 Å². The molecule has 0 aliphatic heterocycles. The molecular formula is C16H27NO. The molecule has 1 aromatic carbocycles. The maximum Gasteiger partial charge on any atom is 0.0845 e. The standard InChI is InChI=1S/C16H27NO/c1-5-13-17-15(14-11-9-8-10-12-14)16(4,6-2)18-7-3/h8-12,15,17H,5-7,13H2,1-4H3. The Hall–Kier alpha value is -0.860. The van der Waals surface area contributed by atoms with Crippen LogP contribution < -0.4 is 5.32 Å². The molecular weight excluding hydrogens is 222 g/mol. The van der Waals surface area contributed by atoms with Crippen LogP contribution in [0.3, 0.4) is 0 Å². The minimum absolute atomic E-state index is 0.148. The molecule has 0 spiro atoms. The molecule has 2 unspecified atom stereocenters. The van der Waals surface area contributed by atoms with E-state index in [9.17, 15) is 0 Å². The molecule has 0 bridgehead atoms. The minimum atomic E-state index is -0.148. The highest BCUT2D eigenvalue weighted by molar-refractivity contribution is 5.22. The van der Waals surface area contributed by atoms with Crippen LogP contribution in [0.1, 0.15) is 52.1 Å². The molecule has 0 aliphatic carbocycles. The van der Waals surface area contributed by atoms with Gasteiger partial charge in [0.25, 0.3) is 0 Å². The van der Waals surface area contributed by atoms with Gasteiger partial charge in [0.1, 0.15) is 0 Å². The molecule has 0 amide bonds. The number of hydrogen-bond acceptors (Lipinski definition) is 2. The molecule has 102 valence electrons. The summed E-state index contributed by atoms with van der Waals surface area (Å²) in [6, 6.07) is 10.9. The van der Waals surface area contributed by atoms with E-state index >= 15 is 0 Å². The van der Waals surface area contributed by atoms with Gasteiger partial charge in [0, 0.05) is 6.61 Å². The zero-order chi connectivity index (χ0) is 13.4. The summed E-state index contributed by atoms with van der Waals surface area (Å²) in [7, 11) is 0.